The monoisotopic (exact) mass is 378 g/mol. The Morgan fingerprint density at radius 1 is 1.08 bits per heavy atom. The molecule has 0 aromatic carbocycles. The van der Waals surface area contributed by atoms with Crippen molar-refractivity contribution in [1.29, 1.82) is 0 Å². The summed E-state index contributed by atoms with van der Waals surface area (Å²) in [5.41, 5.74) is 3.16. The van der Waals surface area contributed by atoms with Crippen LogP contribution in [0, 0.1) is 0 Å². The third kappa shape index (κ3) is 5.14. The number of imidazole rings is 1. The molecule has 0 saturated heterocycles. The first kappa shape index (κ1) is 20.6. The standard InChI is InChI=1S/C19H30N4O2S/c1-5-8-11-23-18(13-21-19(23)26(24,25)7-3)15-22(4)14-17-10-9-16(6-2)12-20-17/h9-10,12-13H,5-8,11,14-15H2,1-4H3. The van der Waals surface area contributed by atoms with Crippen molar-refractivity contribution in [2.45, 2.75) is 64.8 Å². The van der Waals surface area contributed by atoms with Crippen molar-refractivity contribution in [2.75, 3.05) is 12.8 Å². The van der Waals surface area contributed by atoms with Gasteiger partial charge < -0.3 is 4.57 Å². The molecule has 0 spiro atoms. The van der Waals surface area contributed by atoms with Crippen LogP contribution in [0.1, 0.15) is 50.6 Å². The number of hydrogen-bond acceptors (Lipinski definition) is 5. The molecule has 0 atom stereocenters. The molecule has 2 heterocycles. The van der Waals surface area contributed by atoms with Crippen LogP contribution >= 0.6 is 0 Å². The van der Waals surface area contributed by atoms with Gasteiger partial charge in [0.1, 0.15) is 0 Å². The molecule has 7 heteroatoms. The lowest BCUT2D eigenvalue weighted by molar-refractivity contribution is 0.303. The van der Waals surface area contributed by atoms with E-state index in [-0.39, 0.29) is 10.9 Å². The summed E-state index contributed by atoms with van der Waals surface area (Å²) >= 11 is 0. The molecule has 0 saturated carbocycles. The Morgan fingerprint density at radius 2 is 1.85 bits per heavy atom. The second kappa shape index (κ2) is 9.28. The fraction of sp³-hybridized carbons (Fsp3) is 0.579. The minimum Gasteiger partial charge on any atom is -0.318 e. The number of rotatable bonds is 10. The van der Waals surface area contributed by atoms with E-state index in [1.54, 1.807) is 13.1 Å². The van der Waals surface area contributed by atoms with Crippen LogP contribution in [0.5, 0.6) is 0 Å². The van der Waals surface area contributed by atoms with Crippen molar-refractivity contribution in [2.24, 2.45) is 0 Å². The van der Waals surface area contributed by atoms with Gasteiger partial charge in [0, 0.05) is 25.8 Å². The Kier molecular flexibility index (Phi) is 7.34. The van der Waals surface area contributed by atoms with Gasteiger partial charge in [-0.25, -0.2) is 13.4 Å². The molecule has 0 aliphatic rings. The van der Waals surface area contributed by atoms with Crippen LogP contribution in [-0.2, 0) is 35.9 Å². The van der Waals surface area contributed by atoms with E-state index in [1.807, 2.05) is 17.8 Å². The summed E-state index contributed by atoms with van der Waals surface area (Å²) < 4.78 is 26.5. The summed E-state index contributed by atoms with van der Waals surface area (Å²) in [6, 6.07) is 4.16. The van der Waals surface area contributed by atoms with Crippen molar-refractivity contribution in [3.63, 3.8) is 0 Å². The van der Waals surface area contributed by atoms with E-state index in [0.717, 1.165) is 30.7 Å². The topological polar surface area (TPSA) is 68.1 Å². The van der Waals surface area contributed by atoms with Crippen LogP contribution in [0.3, 0.4) is 0 Å². The van der Waals surface area contributed by atoms with E-state index < -0.39 is 9.84 Å². The summed E-state index contributed by atoms with van der Waals surface area (Å²) in [6.45, 7) is 7.89. The summed E-state index contributed by atoms with van der Waals surface area (Å²) in [5, 5.41) is 0.197. The fourth-order valence-electron chi connectivity index (χ4n) is 2.82. The van der Waals surface area contributed by atoms with Crippen molar-refractivity contribution in [1.82, 2.24) is 19.4 Å². The van der Waals surface area contributed by atoms with E-state index in [0.29, 0.717) is 19.6 Å². The molecule has 0 bridgehead atoms. The number of sulfone groups is 1. The van der Waals surface area contributed by atoms with Crippen molar-refractivity contribution in [3.05, 3.63) is 41.5 Å². The van der Waals surface area contributed by atoms with Gasteiger partial charge in [0.25, 0.3) is 0 Å². The lowest BCUT2D eigenvalue weighted by Crippen LogP contribution is -2.21. The molecular weight excluding hydrogens is 348 g/mol. The zero-order valence-corrected chi connectivity index (χ0v) is 17.1. The largest absolute Gasteiger partial charge is 0.318 e. The quantitative estimate of drug-likeness (QED) is 0.635. The smallest absolute Gasteiger partial charge is 0.227 e. The number of unbranched alkanes of at least 4 members (excludes halogenated alkanes) is 1. The molecule has 26 heavy (non-hydrogen) atoms. The highest BCUT2D eigenvalue weighted by atomic mass is 32.2. The first-order valence-electron chi connectivity index (χ1n) is 9.30. The van der Waals surface area contributed by atoms with Gasteiger partial charge in [0.05, 0.1) is 23.3 Å². The normalized spacial score (nSPS) is 12.0. The highest BCUT2D eigenvalue weighted by Gasteiger charge is 2.21. The van der Waals surface area contributed by atoms with Crippen LogP contribution in [0.2, 0.25) is 0 Å². The second-order valence-electron chi connectivity index (χ2n) is 6.62. The van der Waals surface area contributed by atoms with Crippen LogP contribution in [0.25, 0.3) is 0 Å². The van der Waals surface area contributed by atoms with Gasteiger partial charge >= 0.3 is 0 Å². The molecular formula is C19H30N4O2S. The third-order valence-corrected chi connectivity index (χ3v) is 6.10. The number of aryl methyl sites for hydroxylation is 1. The van der Waals surface area contributed by atoms with Gasteiger partial charge in [-0.1, -0.05) is 33.3 Å². The lowest BCUT2D eigenvalue weighted by atomic mass is 10.2. The van der Waals surface area contributed by atoms with Crippen molar-refractivity contribution in [3.8, 4) is 0 Å². The minimum atomic E-state index is -3.32. The Bertz CT molecular complexity index is 797. The Balaban J connectivity index is 2.16. The average molecular weight is 379 g/mol. The molecule has 0 amide bonds. The van der Waals surface area contributed by atoms with Crippen LogP contribution in [0.15, 0.2) is 29.7 Å². The second-order valence-corrected chi connectivity index (χ2v) is 8.80. The molecule has 144 valence electrons. The highest BCUT2D eigenvalue weighted by molar-refractivity contribution is 7.91. The maximum atomic E-state index is 12.3. The molecule has 6 nitrogen and oxygen atoms in total. The lowest BCUT2D eigenvalue weighted by Gasteiger charge is -2.18. The zero-order valence-electron chi connectivity index (χ0n) is 16.3. The van der Waals surface area contributed by atoms with Crippen molar-refractivity contribution >= 4 is 9.84 Å². The maximum Gasteiger partial charge on any atom is 0.227 e. The van der Waals surface area contributed by atoms with Crippen molar-refractivity contribution < 1.29 is 8.42 Å². The van der Waals surface area contributed by atoms with E-state index in [2.05, 4.69) is 40.8 Å². The van der Waals surface area contributed by atoms with E-state index in [1.165, 1.54) is 5.56 Å². The van der Waals surface area contributed by atoms with Crippen LogP contribution in [-0.4, -0.2) is 40.7 Å². The predicted molar refractivity (Wildman–Crippen MR) is 104 cm³/mol. The van der Waals surface area contributed by atoms with Gasteiger partial charge in [-0.3, -0.25) is 9.88 Å². The number of pyridine rings is 1. The van der Waals surface area contributed by atoms with E-state index in [9.17, 15) is 8.42 Å². The van der Waals surface area contributed by atoms with Gasteiger partial charge in [-0.2, -0.15) is 0 Å². The molecule has 0 radical (unpaired) electrons. The van der Waals surface area contributed by atoms with Crippen LogP contribution in [0.4, 0.5) is 0 Å². The number of aromatic nitrogens is 3. The Morgan fingerprint density at radius 3 is 2.42 bits per heavy atom. The molecule has 2 rings (SSSR count). The molecule has 0 N–H and O–H groups in total. The first-order valence-corrected chi connectivity index (χ1v) is 11.0. The Hall–Kier alpha value is -1.73. The molecule has 0 aliphatic heterocycles. The molecule has 0 unspecified atom stereocenters. The Labute approximate surface area is 157 Å². The average Bonchev–Trinajstić information content (AvgIpc) is 3.03. The summed E-state index contributed by atoms with van der Waals surface area (Å²) in [5.74, 6) is 0.0686. The first-order chi connectivity index (χ1) is 12.4. The van der Waals surface area contributed by atoms with E-state index in [4.69, 9.17) is 0 Å². The summed E-state index contributed by atoms with van der Waals surface area (Å²) in [4.78, 5) is 10.9. The van der Waals surface area contributed by atoms with Gasteiger partial charge in [-0.15, -0.1) is 0 Å². The zero-order chi connectivity index (χ0) is 19.2. The SMILES string of the molecule is CCCCn1c(CN(C)Cc2ccc(CC)cn2)cnc1S(=O)(=O)CC. The number of hydrogen-bond donors (Lipinski definition) is 0. The molecule has 2 aromatic heterocycles. The maximum absolute atomic E-state index is 12.3. The predicted octanol–water partition coefficient (Wildman–Crippen LogP) is 3.07. The van der Waals surface area contributed by atoms with Gasteiger partial charge in [-0.05, 0) is 31.5 Å². The minimum absolute atomic E-state index is 0.0686. The highest BCUT2D eigenvalue weighted by Crippen LogP contribution is 2.16. The van der Waals surface area contributed by atoms with Crippen LogP contribution < -0.4 is 0 Å². The summed E-state index contributed by atoms with van der Waals surface area (Å²) in [6.07, 6.45) is 6.53. The molecule has 0 fully saturated rings. The fourth-order valence-corrected chi connectivity index (χ4v) is 3.83. The third-order valence-electron chi connectivity index (χ3n) is 4.45. The molecule has 0 aliphatic carbocycles. The summed E-state index contributed by atoms with van der Waals surface area (Å²) in [7, 11) is -1.31. The molecule has 2 aromatic rings. The number of nitrogens with zero attached hydrogens (tertiary/aromatic N) is 4. The van der Waals surface area contributed by atoms with Gasteiger partial charge in [0.2, 0.25) is 15.0 Å². The van der Waals surface area contributed by atoms with E-state index >= 15 is 0 Å². The van der Waals surface area contributed by atoms with Gasteiger partial charge in [0.15, 0.2) is 0 Å².